The Bertz CT molecular complexity index is 2180. The second-order valence-corrected chi connectivity index (χ2v) is 12.9. The normalized spacial score (nSPS) is 18.9. The Morgan fingerprint density at radius 2 is 1.18 bits per heavy atom. The molecule has 1 heterocycles. The van der Waals surface area contributed by atoms with Crippen molar-refractivity contribution in [2.45, 2.75) is 30.8 Å². The minimum absolute atomic E-state index is 0.0968. The predicted molar refractivity (Wildman–Crippen MR) is 203 cm³/mol. The quantitative estimate of drug-likeness (QED) is 0.0925. The van der Waals surface area contributed by atoms with Gasteiger partial charge in [0, 0.05) is 30.0 Å². The zero-order valence-corrected chi connectivity index (χ0v) is 30.5. The fourth-order valence-electron chi connectivity index (χ4n) is 6.68. The molecule has 1 aliphatic heterocycles. The number of carboxylic acid groups (broad SMARTS) is 1. The first-order valence-electron chi connectivity index (χ1n) is 17.8. The Morgan fingerprint density at radius 1 is 0.643 bits per heavy atom. The maximum atomic E-state index is 14.0. The number of rotatable bonds is 14. The second-order valence-electron chi connectivity index (χ2n) is 12.9. The first-order chi connectivity index (χ1) is 27.2. The van der Waals surface area contributed by atoms with Gasteiger partial charge in [0.05, 0.1) is 42.6 Å². The standard InChI is InChI=1S/C44H39NO11/c1-52-30-22-23-36(53-2)33(24-30)38-40(56-44(51)29-18-10-5-11-19-29)39(55-43(50)28-16-8-4-9-17-28)34(25-35(46)27-14-6-3-7-15-27)37(54-38)26-45-41(47)31-20-12-13-21-32(31)42(48)49/h3-24,34,37-40H,25-26H2,1-2H3,(H,45,47)(H,48,49)/t34-,37+,38-,39-,40-/m0/s1. The van der Waals surface area contributed by atoms with Crippen LogP contribution in [0.1, 0.15) is 69.9 Å². The molecule has 0 saturated carbocycles. The fraction of sp³-hybridized carbons (Fsp3) is 0.205. The average molecular weight is 758 g/mol. The molecule has 5 aromatic carbocycles. The molecule has 5 atom stereocenters. The topological polar surface area (TPSA) is 164 Å². The SMILES string of the molecule is COc1ccc(OC)c([C@@H]2O[C@H](CNC(=O)c3ccccc3C(=O)O)[C@H](CC(=O)c3ccccc3)[C@H](OC(=O)c3ccccc3)[C@H]2OC(=O)c2ccccc2)c1. The summed E-state index contributed by atoms with van der Waals surface area (Å²) in [6.45, 7) is -0.277. The van der Waals surface area contributed by atoms with E-state index in [1.54, 1.807) is 109 Å². The van der Waals surface area contributed by atoms with E-state index in [9.17, 15) is 29.1 Å². The van der Waals surface area contributed by atoms with Crippen molar-refractivity contribution in [2.75, 3.05) is 20.8 Å². The number of nitrogens with one attached hydrogen (secondary N) is 1. The summed E-state index contributed by atoms with van der Waals surface area (Å²) in [6, 6.07) is 35.6. The number of ketones is 1. The van der Waals surface area contributed by atoms with Gasteiger partial charge in [0.1, 0.15) is 23.7 Å². The van der Waals surface area contributed by atoms with E-state index in [2.05, 4.69) is 5.32 Å². The maximum absolute atomic E-state index is 14.0. The molecule has 1 saturated heterocycles. The van der Waals surface area contributed by atoms with Crippen molar-refractivity contribution in [2.24, 2.45) is 5.92 Å². The maximum Gasteiger partial charge on any atom is 0.338 e. The van der Waals surface area contributed by atoms with Gasteiger partial charge in [0.25, 0.3) is 5.91 Å². The van der Waals surface area contributed by atoms with E-state index in [1.807, 2.05) is 0 Å². The zero-order valence-electron chi connectivity index (χ0n) is 30.5. The lowest BCUT2D eigenvalue weighted by Crippen LogP contribution is -2.57. The highest BCUT2D eigenvalue weighted by molar-refractivity contribution is 6.04. The first-order valence-corrected chi connectivity index (χ1v) is 17.8. The molecule has 0 unspecified atom stereocenters. The van der Waals surface area contributed by atoms with Crippen LogP contribution in [0.5, 0.6) is 11.5 Å². The van der Waals surface area contributed by atoms with Gasteiger partial charge in [-0.15, -0.1) is 0 Å². The monoisotopic (exact) mass is 757 g/mol. The molecule has 0 bridgehead atoms. The second kappa shape index (κ2) is 18.0. The van der Waals surface area contributed by atoms with Crippen LogP contribution < -0.4 is 14.8 Å². The Kier molecular flexibility index (Phi) is 12.5. The van der Waals surface area contributed by atoms with Crippen molar-refractivity contribution in [3.05, 3.63) is 167 Å². The van der Waals surface area contributed by atoms with E-state index in [4.69, 9.17) is 23.7 Å². The van der Waals surface area contributed by atoms with Crippen LogP contribution in [0.15, 0.2) is 133 Å². The summed E-state index contributed by atoms with van der Waals surface area (Å²) in [5, 5.41) is 12.6. The summed E-state index contributed by atoms with van der Waals surface area (Å²) in [4.78, 5) is 67.5. The summed E-state index contributed by atoms with van der Waals surface area (Å²) in [6.07, 6.45) is -5.33. The van der Waals surface area contributed by atoms with Gasteiger partial charge in [-0.05, 0) is 54.6 Å². The molecular formula is C44H39NO11. The highest BCUT2D eigenvalue weighted by Gasteiger charge is 2.52. The van der Waals surface area contributed by atoms with Crippen LogP contribution in [0.4, 0.5) is 0 Å². The van der Waals surface area contributed by atoms with Gasteiger partial charge in [-0.2, -0.15) is 0 Å². The van der Waals surface area contributed by atoms with E-state index in [0.717, 1.165) is 0 Å². The summed E-state index contributed by atoms with van der Waals surface area (Å²) >= 11 is 0. The van der Waals surface area contributed by atoms with Crippen LogP contribution in [-0.2, 0) is 14.2 Å². The number of carbonyl (C=O) groups excluding carboxylic acids is 4. The predicted octanol–water partition coefficient (Wildman–Crippen LogP) is 6.61. The Balaban J connectivity index is 1.49. The number of carboxylic acids is 1. The molecular weight excluding hydrogens is 718 g/mol. The molecule has 56 heavy (non-hydrogen) atoms. The number of hydrogen-bond donors (Lipinski definition) is 2. The smallest absolute Gasteiger partial charge is 0.338 e. The number of aromatic carboxylic acids is 1. The first kappa shape index (κ1) is 38.9. The molecule has 0 aromatic heterocycles. The van der Waals surface area contributed by atoms with Crippen molar-refractivity contribution < 1.29 is 52.8 Å². The van der Waals surface area contributed by atoms with E-state index in [-0.39, 0.29) is 41.0 Å². The highest BCUT2D eigenvalue weighted by Crippen LogP contribution is 2.44. The van der Waals surface area contributed by atoms with Crippen LogP contribution in [0.3, 0.4) is 0 Å². The number of ether oxygens (including phenoxy) is 5. The third-order valence-corrected chi connectivity index (χ3v) is 9.47. The van der Waals surface area contributed by atoms with Gasteiger partial charge in [-0.25, -0.2) is 14.4 Å². The third kappa shape index (κ3) is 8.94. The van der Waals surface area contributed by atoms with E-state index < -0.39 is 54.1 Å². The lowest BCUT2D eigenvalue weighted by molar-refractivity contribution is -0.201. The molecule has 2 N–H and O–H groups in total. The number of amides is 1. The summed E-state index contributed by atoms with van der Waals surface area (Å²) in [5.41, 5.74) is 0.825. The molecule has 1 fully saturated rings. The van der Waals surface area contributed by atoms with Gasteiger partial charge in [0.2, 0.25) is 0 Å². The summed E-state index contributed by atoms with van der Waals surface area (Å²) in [5.74, 6) is -4.16. The minimum atomic E-state index is -1.38. The van der Waals surface area contributed by atoms with Crippen molar-refractivity contribution in [1.82, 2.24) is 5.32 Å². The largest absolute Gasteiger partial charge is 0.497 e. The molecule has 1 aliphatic rings. The van der Waals surface area contributed by atoms with E-state index in [1.165, 1.54) is 38.5 Å². The Morgan fingerprint density at radius 3 is 1.73 bits per heavy atom. The van der Waals surface area contributed by atoms with Crippen LogP contribution in [0.2, 0.25) is 0 Å². The lowest BCUT2D eigenvalue weighted by atomic mass is 9.80. The number of hydrogen-bond acceptors (Lipinski definition) is 10. The summed E-state index contributed by atoms with van der Waals surface area (Å²) < 4.78 is 30.7. The molecule has 12 nitrogen and oxygen atoms in total. The lowest BCUT2D eigenvalue weighted by Gasteiger charge is -2.46. The highest BCUT2D eigenvalue weighted by atomic mass is 16.6. The fourth-order valence-corrected chi connectivity index (χ4v) is 6.68. The van der Waals surface area contributed by atoms with E-state index >= 15 is 0 Å². The molecule has 286 valence electrons. The van der Waals surface area contributed by atoms with Gasteiger partial charge >= 0.3 is 17.9 Å². The zero-order chi connectivity index (χ0) is 39.6. The molecule has 0 radical (unpaired) electrons. The van der Waals surface area contributed by atoms with Crippen molar-refractivity contribution in [1.29, 1.82) is 0 Å². The molecule has 12 heteroatoms. The van der Waals surface area contributed by atoms with Crippen LogP contribution in [-0.4, -0.2) is 73.8 Å². The molecule has 1 amide bonds. The number of esters is 2. The third-order valence-electron chi connectivity index (χ3n) is 9.47. The van der Waals surface area contributed by atoms with Gasteiger partial charge in [0.15, 0.2) is 11.9 Å². The minimum Gasteiger partial charge on any atom is -0.497 e. The van der Waals surface area contributed by atoms with Crippen LogP contribution >= 0.6 is 0 Å². The van der Waals surface area contributed by atoms with Gasteiger partial charge in [-0.1, -0.05) is 78.9 Å². The number of carbonyl (C=O) groups is 5. The summed E-state index contributed by atoms with van der Waals surface area (Å²) in [7, 11) is 2.92. The molecule has 6 rings (SSSR count). The molecule has 5 aromatic rings. The molecule has 0 spiro atoms. The van der Waals surface area contributed by atoms with Crippen molar-refractivity contribution in [3.8, 4) is 11.5 Å². The number of methoxy groups -OCH3 is 2. The van der Waals surface area contributed by atoms with Crippen molar-refractivity contribution >= 4 is 29.6 Å². The molecule has 0 aliphatic carbocycles. The van der Waals surface area contributed by atoms with E-state index in [0.29, 0.717) is 22.6 Å². The average Bonchev–Trinajstić information content (AvgIpc) is 3.24. The van der Waals surface area contributed by atoms with Crippen LogP contribution in [0.25, 0.3) is 0 Å². The Hall–Kier alpha value is -6.79. The number of Topliss-reactive ketones (excluding diaryl/α,β-unsaturated/α-hetero) is 1. The van der Waals surface area contributed by atoms with Crippen molar-refractivity contribution in [3.63, 3.8) is 0 Å². The van der Waals surface area contributed by atoms with Gasteiger partial charge in [-0.3, -0.25) is 9.59 Å². The Labute approximate surface area is 322 Å². The number of benzene rings is 5. The van der Waals surface area contributed by atoms with Crippen LogP contribution in [0, 0.1) is 5.92 Å². The van der Waals surface area contributed by atoms with Gasteiger partial charge < -0.3 is 34.1 Å².